The number of oxime groups is 1. The summed E-state index contributed by atoms with van der Waals surface area (Å²) < 4.78 is 5.14. The van der Waals surface area contributed by atoms with Crippen LogP contribution in [-0.4, -0.2) is 17.0 Å². The minimum Gasteiger partial charge on any atom is -0.486 e. The molecule has 0 aromatic heterocycles. The Bertz CT molecular complexity index is 261. The van der Waals surface area contributed by atoms with E-state index >= 15 is 0 Å². The molecular weight excluding hydrogens is 178 g/mol. The Kier molecular flexibility index (Phi) is 3.41. The fourth-order valence-electron chi connectivity index (χ4n) is 0.688. The molecule has 3 nitrogen and oxygen atoms in total. The van der Waals surface area contributed by atoms with Gasteiger partial charge >= 0.3 is 0 Å². The van der Waals surface area contributed by atoms with Crippen molar-refractivity contribution in [1.29, 1.82) is 0 Å². The van der Waals surface area contributed by atoms with Crippen LogP contribution < -0.4 is 4.74 Å². The zero-order valence-electron chi connectivity index (χ0n) is 6.27. The second-order valence-electron chi connectivity index (χ2n) is 2.08. The zero-order valence-corrected chi connectivity index (χ0v) is 7.03. The van der Waals surface area contributed by atoms with Gasteiger partial charge in [-0.2, -0.15) is 0 Å². The molecule has 1 N–H and O–H groups in total. The van der Waals surface area contributed by atoms with Gasteiger partial charge in [0.05, 0.1) is 0 Å². The minimum absolute atomic E-state index is 0.0267. The molecule has 0 amide bonds. The highest BCUT2D eigenvalue weighted by Crippen LogP contribution is 2.08. The molecule has 64 valence electrons. The summed E-state index contributed by atoms with van der Waals surface area (Å²) in [6, 6.07) is 9.16. The summed E-state index contributed by atoms with van der Waals surface area (Å²) in [7, 11) is 0. The standard InChI is InChI=1S/C8H8ClNO2/c9-8(10-11)6-12-7-4-2-1-3-5-7/h1-5,11H,6H2/b10-8-. The predicted molar refractivity (Wildman–Crippen MR) is 47.0 cm³/mol. The van der Waals surface area contributed by atoms with Gasteiger partial charge in [0.15, 0.2) is 5.17 Å². The molecule has 1 rings (SSSR count). The van der Waals surface area contributed by atoms with E-state index in [1.54, 1.807) is 12.1 Å². The van der Waals surface area contributed by atoms with Gasteiger partial charge in [-0.05, 0) is 12.1 Å². The summed E-state index contributed by atoms with van der Waals surface area (Å²) in [5, 5.41) is 11.0. The van der Waals surface area contributed by atoms with Crippen molar-refractivity contribution in [2.24, 2.45) is 5.16 Å². The number of ether oxygens (including phenoxy) is 1. The summed E-state index contributed by atoms with van der Waals surface area (Å²) in [6.07, 6.45) is 0. The molecule has 0 unspecified atom stereocenters. The molecule has 0 aliphatic carbocycles. The van der Waals surface area contributed by atoms with Gasteiger partial charge in [-0.3, -0.25) is 0 Å². The molecule has 4 heteroatoms. The van der Waals surface area contributed by atoms with Crippen LogP contribution in [0.15, 0.2) is 35.5 Å². The molecule has 0 atom stereocenters. The minimum atomic E-state index is 0.0267. The van der Waals surface area contributed by atoms with Crippen LogP contribution in [-0.2, 0) is 0 Å². The lowest BCUT2D eigenvalue weighted by Gasteiger charge is -2.01. The number of hydrogen-bond donors (Lipinski definition) is 1. The van der Waals surface area contributed by atoms with Gasteiger partial charge < -0.3 is 9.94 Å². The Hall–Kier alpha value is -1.22. The monoisotopic (exact) mass is 185 g/mol. The lowest BCUT2D eigenvalue weighted by Crippen LogP contribution is -2.04. The smallest absolute Gasteiger partial charge is 0.182 e. The molecule has 1 aromatic carbocycles. The molecule has 0 spiro atoms. The molecule has 0 aliphatic rings. The third-order valence-electron chi connectivity index (χ3n) is 1.21. The van der Waals surface area contributed by atoms with E-state index in [0.29, 0.717) is 5.75 Å². The largest absolute Gasteiger partial charge is 0.486 e. The first-order chi connectivity index (χ1) is 5.83. The summed E-state index contributed by atoms with van der Waals surface area (Å²) in [5.74, 6) is 0.694. The van der Waals surface area contributed by atoms with Crippen LogP contribution in [0, 0.1) is 0 Å². The first-order valence-electron chi connectivity index (χ1n) is 3.37. The quantitative estimate of drug-likeness (QED) is 0.445. The second kappa shape index (κ2) is 4.62. The van der Waals surface area contributed by atoms with E-state index in [1.165, 1.54) is 0 Å². The molecule has 0 aliphatic heterocycles. The number of nitrogens with zero attached hydrogens (tertiary/aromatic N) is 1. The molecule has 0 saturated heterocycles. The fraction of sp³-hybridized carbons (Fsp3) is 0.125. The maximum atomic E-state index is 8.19. The molecule has 0 radical (unpaired) electrons. The molecular formula is C8H8ClNO2. The Morgan fingerprint density at radius 3 is 2.67 bits per heavy atom. The SMILES string of the molecule is O/N=C(\Cl)COc1ccccc1. The Morgan fingerprint density at radius 1 is 1.42 bits per heavy atom. The fourth-order valence-corrected chi connectivity index (χ4v) is 0.743. The van der Waals surface area contributed by atoms with Crippen molar-refractivity contribution in [3.63, 3.8) is 0 Å². The number of rotatable bonds is 3. The molecule has 1 aromatic rings. The van der Waals surface area contributed by atoms with Gasteiger partial charge in [-0.25, -0.2) is 0 Å². The third kappa shape index (κ3) is 2.80. The first kappa shape index (κ1) is 8.87. The Labute approximate surface area is 75.2 Å². The third-order valence-corrected chi connectivity index (χ3v) is 1.39. The molecule has 0 heterocycles. The van der Waals surface area contributed by atoms with Crippen molar-refractivity contribution in [2.45, 2.75) is 0 Å². The topological polar surface area (TPSA) is 41.8 Å². The average molecular weight is 186 g/mol. The van der Waals surface area contributed by atoms with Gasteiger partial charge in [0.25, 0.3) is 0 Å². The zero-order chi connectivity index (χ0) is 8.81. The lowest BCUT2D eigenvalue weighted by molar-refractivity contribution is 0.310. The van der Waals surface area contributed by atoms with Crippen LogP contribution >= 0.6 is 11.6 Å². The van der Waals surface area contributed by atoms with Gasteiger partial charge in [-0.1, -0.05) is 35.0 Å². The van der Waals surface area contributed by atoms with E-state index in [2.05, 4.69) is 5.16 Å². The summed E-state index contributed by atoms with van der Waals surface area (Å²) in [5.41, 5.74) is 0. The van der Waals surface area contributed by atoms with Crippen molar-refractivity contribution in [3.05, 3.63) is 30.3 Å². The van der Waals surface area contributed by atoms with E-state index in [4.69, 9.17) is 21.5 Å². The lowest BCUT2D eigenvalue weighted by atomic mass is 10.3. The Balaban J connectivity index is 2.44. The van der Waals surface area contributed by atoms with Crippen LogP contribution in [0.2, 0.25) is 0 Å². The maximum Gasteiger partial charge on any atom is 0.182 e. The number of para-hydroxylation sites is 1. The van der Waals surface area contributed by atoms with Gasteiger partial charge in [0, 0.05) is 0 Å². The summed E-state index contributed by atoms with van der Waals surface area (Å²) >= 11 is 5.39. The van der Waals surface area contributed by atoms with Gasteiger partial charge in [-0.15, -0.1) is 0 Å². The number of halogens is 1. The average Bonchev–Trinajstić information content (AvgIpc) is 2.16. The molecule has 0 bridgehead atoms. The highest BCUT2D eigenvalue weighted by Gasteiger charge is 1.95. The highest BCUT2D eigenvalue weighted by molar-refractivity contribution is 6.65. The van der Waals surface area contributed by atoms with E-state index in [1.807, 2.05) is 18.2 Å². The first-order valence-corrected chi connectivity index (χ1v) is 3.75. The van der Waals surface area contributed by atoms with Crippen LogP contribution in [0.4, 0.5) is 0 Å². The van der Waals surface area contributed by atoms with E-state index < -0.39 is 0 Å². The van der Waals surface area contributed by atoms with E-state index in [0.717, 1.165) is 0 Å². The van der Waals surface area contributed by atoms with Crippen LogP contribution in [0.3, 0.4) is 0 Å². The van der Waals surface area contributed by atoms with E-state index in [9.17, 15) is 0 Å². The summed E-state index contributed by atoms with van der Waals surface area (Å²) in [4.78, 5) is 0. The van der Waals surface area contributed by atoms with Crippen LogP contribution in [0.1, 0.15) is 0 Å². The van der Waals surface area contributed by atoms with Gasteiger partial charge in [0.1, 0.15) is 12.4 Å². The second-order valence-corrected chi connectivity index (χ2v) is 2.51. The summed E-state index contributed by atoms with van der Waals surface area (Å²) in [6.45, 7) is 0.0854. The maximum absolute atomic E-state index is 8.19. The molecule has 0 saturated carbocycles. The van der Waals surface area contributed by atoms with Crippen LogP contribution in [0.25, 0.3) is 0 Å². The highest BCUT2D eigenvalue weighted by atomic mass is 35.5. The van der Waals surface area contributed by atoms with Gasteiger partial charge in [0.2, 0.25) is 0 Å². The van der Waals surface area contributed by atoms with Crippen molar-refractivity contribution >= 4 is 16.8 Å². The predicted octanol–water partition coefficient (Wildman–Crippen LogP) is 2.09. The normalized spacial score (nSPS) is 11.2. The van der Waals surface area contributed by atoms with Crippen molar-refractivity contribution in [3.8, 4) is 5.75 Å². The van der Waals surface area contributed by atoms with Crippen LogP contribution in [0.5, 0.6) is 5.75 Å². The number of hydrogen-bond acceptors (Lipinski definition) is 3. The molecule has 0 fully saturated rings. The van der Waals surface area contributed by atoms with Crippen molar-refractivity contribution in [1.82, 2.24) is 0 Å². The van der Waals surface area contributed by atoms with E-state index in [-0.39, 0.29) is 11.8 Å². The van der Waals surface area contributed by atoms with Crippen molar-refractivity contribution in [2.75, 3.05) is 6.61 Å². The Morgan fingerprint density at radius 2 is 2.08 bits per heavy atom. The number of benzene rings is 1. The van der Waals surface area contributed by atoms with Crippen molar-refractivity contribution < 1.29 is 9.94 Å². The molecule has 12 heavy (non-hydrogen) atoms.